The van der Waals surface area contributed by atoms with Crippen molar-refractivity contribution in [2.45, 2.75) is 18.9 Å². The first-order valence-corrected chi connectivity index (χ1v) is 8.22. The molecule has 6 nitrogen and oxygen atoms in total. The molecule has 1 aliphatic rings. The molecule has 3 aromatic rings. The second kappa shape index (κ2) is 6.41. The van der Waals surface area contributed by atoms with Crippen LogP contribution >= 0.6 is 0 Å². The fraction of sp³-hybridized carbons (Fsp3) is 0.278. The van der Waals surface area contributed by atoms with E-state index in [-0.39, 0.29) is 11.9 Å². The molecule has 1 saturated heterocycles. The lowest BCUT2D eigenvalue weighted by molar-refractivity contribution is 0.0932. The first-order valence-electron chi connectivity index (χ1n) is 8.22. The van der Waals surface area contributed by atoms with Crippen LogP contribution in [0.2, 0.25) is 0 Å². The largest absolute Gasteiger partial charge is 0.348 e. The van der Waals surface area contributed by atoms with Crippen LogP contribution in [0.4, 0.5) is 0 Å². The summed E-state index contributed by atoms with van der Waals surface area (Å²) in [5.74, 6) is -0.114. The molecule has 0 unspecified atom stereocenters. The predicted molar refractivity (Wildman–Crippen MR) is 91.8 cm³/mol. The molecular weight excluding hydrogens is 302 g/mol. The minimum absolute atomic E-state index is 0.114. The van der Waals surface area contributed by atoms with Crippen molar-refractivity contribution in [2.24, 2.45) is 0 Å². The topological polar surface area (TPSA) is 71.3 Å². The third kappa shape index (κ3) is 2.76. The average Bonchev–Trinajstić information content (AvgIpc) is 3.07. The zero-order valence-electron chi connectivity index (χ0n) is 13.3. The van der Waals surface area contributed by atoms with E-state index in [4.69, 9.17) is 0 Å². The Labute approximate surface area is 139 Å². The van der Waals surface area contributed by atoms with Crippen LogP contribution in [-0.2, 0) is 0 Å². The number of aromatic nitrogens is 3. The fourth-order valence-corrected chi connectivity index (χ4v) is 3.12. The Kier molecular flexibility index (Phi) is 3.96. The number of hydrogen-bond donors (Lipinski definition) is 2. The van der Waals surface area contributed by atoms with Gasteiger partial charge in [0.1, 0.15) is 5.56 Å². The van der Waals surface area contributed by atoms with Crippen LogP contribution in [0, 0.1) is 0 Å². The van der Waals surface area contributed by atoms with Gasteiger partial charge in [-0.05, 0) is 25.5 Å². The highest BCUT2D eigenvalue weighted by Gasteiger charge is 2.20. The summed E-state index contributed by atoms with van der Waals surface area (Å²) in [6, 6.07) is 12.0. The maximum absolute atomic E-state index is 12.6. The van der Waals surface area contributed by atoms with Crippen molar-refractivity contribution in [2.75, 3.05) is 13.1 Å². The summed E-state index contributed by atoms with van der Waals surface area (Å²) in [5.41, 5.74) is 3.05. The Balaban J connectivity index is 1.66. The number of benzene rings is 1. The van der Waals surface area contributed by atoms with E-state index in [9.17, 15) is 4.79 Å². The van der Waals surface area contributed by atoms with Gasteiger partial charge in [0.15, 0.2) is 5.65 Å². The summed E-state index contributed by atoms with van der Waals surface area (Å²) in [5, 5.41) is 10.8. The van der Waals surface area contributed by atoms with Crippen LogP contribution in [0.15, 0.2) is 48.8 Å². The van der Waals surface area contributed by atoms with Gasteiger partial charge in [0.2, 0.25) is 0 Å². The van der Waals surface area contributed by atoms with Gasteiger partial charge in [0, 0.05) is 24.3 Å². The highest BCUT2D eigenvalue weighted by molar-refractivity contribution is 6.00. The SMILES string of the molecule is O=C(N[C@H]1CCCNC1)c1cnn2c(-c3ccccc3)ccnc12. The third-order valence-electron chi connectivity index (χ3n) is 4.35. The molecule has 1 aromatic carbocycles. The van der Waals surface area contributed by atoms with Gasteiger partial charge in [-0.15, -0.1) is 0 Å². The predicted octanol–water partition coefficient (Wildman–Crippen LogP) is 1.88. The second-order valence-corrected chi connectivity index (χ2v) is 6.01. The first kappa shape index (κ1) is 14.8. The molecule has 1 amide bonds. The number of amides is 1. The number of rotatable bonds is 3. The lowest BCUT2D eigenvalue weighted by atomic mass is 10.1. The Bertz CT molecular complexity index is 852. The first-order chi connectivity index (χ1) is 11.8. The lowest BCUT2D eigenvalue weighted by Crippen LogP contribution is -2.45. The van der Waals surface area contributed by atoms with E-state index in [1.807, 2.05) is 36.4 Å². The Morgan fingerprint density at radius 1 is 1.25 bits per heavy atom. The number of nitrogens with zero attached hydrogens (tertiary/aromatic N) is 3. The zero-order chi connectivity index (χ0) is 16.4. The molecule has 6 heteroatoms. The average molecular weight is 321 g/mol. The Morgan fingerprint density at radius 2 is 2.12 bits per heavy atom. The van der Waals surface area contributed by atoms with E-state index in [0.29, 0.717) is 11.2 Å². The quantitative estimate of drug-likeness (QED) is 0.773. The van der Waals surface area contributed by atoms with Gasteiger partial charge >= 0.3 is 0 Å². The molecule has 2 aromatic heterocycles. The molecule has 1 fully saturated rings. The van der Waals surface area contributed by atoms with E-state index in [0.717, 1.165) is 37.2 Å². The molecule has 24 heavy (non-hydrogen) atoms. The van der Waals surface area contributed by atoms with Gasteiger partial charge in [-0.3, -0.25) is 4.79 Å². The van der Waals surface area contributed by atoms with Crippen LogP contribution in [-0.4, -0.2) is 39.6 Å². The van der Waals surface area contributed by atoms with Gasteiger partial charge in [0.25, 0.3) is 5.91 Å². The van der Waals surface area contributed by atoms with Crippen LogP contribution in [0.25, 0.3) is 16.9 Å². The molecule has 0 aliphatic carbocycles. The van der Waals surface area contributed by atoms with Gasteiger partial charge in [-0.1, -0.05) is 30.3 Å². The summed E-state index contributed by atoms with van der Waals surface area (Å²) in [6.45, 7) is 1.83. The van der Waals surface area contributed by atoms with E-state index in [1.165, 1.54) is 0 Å². The van der Waals surface area contributed by atoms with Crippen molar-refractivity contribution in [3.05, 3.63) is 54.4 Å². The van der Waals surface area contributed by atoms with E-state index >= 15 is 0 Å². The third-order valence-corrected chi connectivity index (χ3v) is 4.35. The number of piperidine rings is 1. The smallest absolute Gasteiger partial charge is 0.257 e. The van der Waals surface area contributed by atoms with Crippen molar-refractivity contribution in [3.8, 4) is 11.3 Å². The van der Waals surface area contributed by atoms with Crippen molar-refractivity contribution < 1.29 is 4.79 Å². The molecule has 122 valence electrons. The van der Waals surface area contributed by atoms with Crippen LogP contribution in [0.5, 0.6) is 0 Å². The maximum atomic E-state index is 12.6. The minimum Gasteiger partial charge on any atom is -0.348 e. The standard InChI is InChI=1S/C18H19N5O/c24-18(22-14-7-4-9-19-11-14)15-12-21-23-16(8-10-20-17(15)23)13-5-2-1-3-6-13/h1-3,5-6,8,10,12,14,19H,4,7,9,11H2,(H,22,24)/t14-/m0/s1. The summed E-state index contributed by atoms with van der Waals surface area (Å²) in [7, 11) is 0. The van der Waals surface area contributed by atoms with Crippen molar-refractivity contribution in [3.63, 3.8) is 0 Å². The molecule has 4 rings (SSSR count). The van der Waals surface area contributed by atoms with Crippen LogP contribution in [0.1, 0.15) is 23.2 Å². The van der Waals surface area contributed by atoms with Crippen molar-refractivity contribution in [1.29, 1.82) is 0 Å². The van der Waals surface area contributed by atoms with E-state index in [1.54, 1.807) is 16.9 Å². The fourth-order valence-electron chi connectivity index (χ4n) is 3.12. The van der Waals surface area contributed by atoms with Crippen LogP contribution in [0.3, 0.4) is 0 Å². The molecule has 2 N–H and O–H groups in total. The number of fused-ring (bicyclic) bond motifs is 1. The molecule has 0 radical (unpaired) electrons. The second-order valence-electron chi connectivity index (χ2n) is 6.01. The minimum atomic E-state index is -0.114. The molecule has 0 bridgehead atoms. The highest BCUT2D eigenvalue weighted by Crippen LogP contribution is 2.20. The lowest BCUT2D eigenvalue weighted by Gasteiger charge is -2.23. The monoisotopic (exact) mass is 321 g/mol. The van der Waals surface area contributed by atoms with Gasteiger partial charge in [0.05, 0.1) is 11.9 Å². The molecule has 0 saturated carbocycles. The molecule has 0 spiro atoms. The van der Waals surface area contributed by atoms with Gasteiger partial charge in [-0.2, -0.15) is 5.10 Å². The summed E-state index contributed by atoms with van der Waals surface area (Å²) < 4.78 is 1.73. The van der Waals surface area contributed by atoms with Crippen molar-refractivity contribution in [1.82, 2.24) is 25.2 Å². The number of carbonyl (C=O) groups is 1. The number of hydrogen-bond acceptors (Lipinski definition) is 4. The van der Waals surface area contributed by atoms with Gasteiger partial charge < -0.3 is 10.6 Å². The van der Waals surface area contributed by atoms with Crippen molar-refractivity contribution >= 4 is 11.6 Å². The Morgan fingerprint density at radius 3 is 2.92 bits per heavy atom. The molecule has 3 heterocycles. The summed E-state index contributed by atoms with van der Waals surface area (Å²) in [4.78, 5) is 17.0. The normalized spacial score (nSPS) is 17.8. The van der Waals surface area contributed by atoms with E-state index < -0.39 is 0 Å². The highest BCUT2D eigenvalue weighted by atomic mass is 16.1. The molecule has 1 aliphatic heterocycles. The summed E-state index contributed by atoms with van der Waals surface area (Å²) in [6.07, 6.45) is 5.40. The van der Waals surface area contributed by atoms with Crippen LogP contribution < -0.4 is 10.6 Å². The zero-order valence-corrected chi connectivity index (χ0v) is 13.3. The molecule has 1 atom stereocenters. The summed E-state index contributed by atoms with van der Waals surface area (Å²) >= 11 is 0. The maximum Gasteiger partial charge on any atom is 0.257 e. The number of nitrogens with one attached hydrogen (secondary N) is 2. The molecular formula is C18H19N5O. The van der Waals surface area contributed by atoms with Gasteiger partial charge in [-0.25, -0.2) is 9.50 Å². The Hall–Kier alpha value is -2.73. The number of carbonyl (C=O) groups excluding carboxylic acids is 1. The van der Waals surface area contributed by atoms with E-state index in [2.05, 4.69) is 20.7 Å².